The minimum absolute atomic E-state index is 0.458. The summed E-state index contributed by atoms with van der Waals surface area (Å²) in [7, 11) is 4.15. The highest BCUT2D eigenvalue weighted by Crippen LogP contribution is 2.17. The van der Waals surface area contributed by atoms with Crippen molar-refractivity contribution in [3.05, 3.63) is 6.07 Å². The first-order valence-corrected chi connectivity index (χ1v) is 7.86. The average Bonchev–Trinajstić information content (AvgIpc) is 2.42. The normalized spacial score (nSPS) is 12.5. The molecule has 1 unspecified atom stereocenters. The molecule has 0 aliphatic rings. The number of hydrogen-bond donors (Lipinski definition) is 2. The van der Waals surface area contributed by atoms with Gasteiger partial charge in [-0.05, 0) is 33.7 Å². The van der Waals surface area contributed by atoms with Crippen LogP contribution in [0.5, 0.6) is 0 Å². The fourth-order valence-electron chi connectivity index (χ4n) is 1.39. The molecule has 19 heavy (non-hydrogen) atoms. The maximum atomic E-state index is 4.47. The summed E-state index contributed by atoms with van der Waals surface area (Å²) in [5.41, 5.74) is 0. The number of rotatable bonds is 8. The maximum Gasteiger partial charge on any atom is 0.191 e. The van der Waals surface area contributed by atoms with Gasteiger partial charge < -0.3 is 15.5 Å². The van der Waals surface area contributed by atoms with Crippen LogP contribution in [-0.2, 0) is 0 Å². The van der Waals surface area contributed by atoms with Crippen molar-refractivity contribution >= 4 is 23.4 Å². The van der Waals surface area contributed by atoms with Crippen LogP contribution in [0.3, 0.4) is 0 Å². The van der Waals surface area contributed by atoms with Gasteiger partial charge in [0.2, 0.25) is 0 Å². The molecule has 1 heterocycles. The van der Waals surface area contributed by atoms with Crippen LogP contribution in [0, 0.1) is 0 Å². The first kappa shape index (κ1) is 16.0. The number of likely N-dealkylation sites (N-methyl/N-ethyl adjacent to an activating group) is 1. The summed E-state index contributed by atoms with van der Waals surface area (Å²) in [5, 5.41) is 7.47. The Kier molecular flexibility index (Phi) is 6.94. The molecule has 0 bridgehead atoms. The fourth-order valence-corrected chi connectivity index (χ4v) is 1.76. The zero-order chi connectivity index (χ0) is 14.3. The van der Waals surface area contributed by atoms with Gasteiger partial charge in [0.15, 0.2) is 5.16 Å². The van der Waals surface area contributed by atoms with E-state index in [-0.39, 0.29) is 0 Å². The van der Waals surface area contributed by atoms with Crippen LogP contribution in [-0.4, -0.2) is 54.4 Å². The van der Waals surface area contributed by atoms with E-state index in [1.807, 2.05) is 12.3 Å². The van der Waals surface area contributed by atoms with Crippen LogP contribution < -0.4 is 10.6 Å². The summed E-state index contributed by atoms with van der Waals surface area (Å²) in [6.07, 6.45) is 3.07. The number of anilines is 2. The van der Waals surface area contributed by atoms with Crippen LogP contribution in [0.25, 0.3) is 0 Å². The Morgan fingerprint density at radius 3 is 2.42 bits per heavy atom. The topological polar surface area (TPSA) is 53.1 Å². The third-order valence-corrected chi connectivity index (χ3v) is 3.45. The monoisotopic (exact) mass is 283 g/mol. The molecule has 5 nitrogen and oxygen atoms in total. The van der Waals surface area contributed by atoms with E-state index >= 15 is 0 Å². The molecule has 0 saturated heterocycles. The second kappa shape index (κ2) is 8.22. The quantitative estimate of drug-likeness (QED) is 0.564. The summed E-state index contributed by atoms with van der Waals surface area (Å²) in [6.45, 7) is 6.12. The van der Waals surface area contributed by atoms with Crippen molar-refractivity contribution in [2.45, 2.75) is 31.5 Å². The molecule has 0 radical (unpaired) electrons. The molecule has 0 aliphatic heterocycles. The van der Waals surface area contributed by atoms with Crippen LogP contribution in [0.4, 0.5) is 11.6 Å². The molecule has 0 saturated carbocycles. The van der Waals surface area contributed by atoms with Crippen molar-refractivity contribution in [3.63, 3.8) is 0 Å². The average molecular weight is 283 g/mol. The van der Waals surface area contributed by atoms with Crippen molar-refractivity contribution in [1.29, 1.82) is 0 Å². The number of nitrogens with zero attached hydrogens (tertiary/aromatic N) is 3. The lowest BCUT2D eigenvalue weighted by Crippen LogP contribution is -2.31. The summed E-state index contributed by atoms with van der Waals surface area (Å²) in [6, 6.07) is 2.43. The van der Waals surface area contributed by atoms with E-state index in [1.165, 1.54) is 0 Å². The largest absolute Gasteiger partial charge is 0.370 e. The molecule has 1 atom stereocenters. The lowest BCUT2D eigenvalue weighted by atomic mass is 10.3. The highest BCUT2D eigenvalue weighted by Gasteiger charge is 2.07. The van der Waals surface area contributed by atoms with E-state index in [2.05, 4.69) is 53.4 Å². The molecule has 1 rings (SSSR count). The Bertz CT molecular complexity index is 383. The highest BCUT2D eigenvalue weighted by molar-refractivity contribution is 7.98. The van der Waals surface area contributed by atoms with E-state index in [4.69, 9.17) is 0 Å². The smallest absolute Gasteiger partial charge is 0.191 e. The van der Waals surface area contributed by atoms with E-state index in [9.17, 15) is 0 Å². The molecule has 0 aromatic carbocycles. The highest BCUT2D eigenvalue weighted by atomic mass is 32.2. The summed E-state index contributed by atoms with van der Waals surface area (Å²) < 4.78 is 0. The SMILES string of the molecule is CCCNc1cc(NCC(C)N(C)C)nc(SC)n1. The van der Waals surface area contributed by atoms with Crippen molar-refractivity contribution < 1.29 is 0 Å². The van der Waals surface area contributed by atoms with Crippen molar-refractivity contribution in [1.82, 2.24) is 14.9 Å². The maximum absolute atomic E-state index is 4.47. The van der Waals surface area contributed by atoms with Gasteiger partial charge in [0, 0.05) is 25.2 Å². The van der Waals surface area contributed by atoms with Crippen LogP contribution in [0.2, 0.25) is 0 Å². The van der Waals surface area contributed by atoms with Gasteiger partial charge in [-0.2, -0.15) is 0 Å². The third kappa shape index (κ3) is 5.65. The standard InChI is InChI=1S/C13H25N5S/c1-6-7-14-11-8-12(17-13(16-11)19-5)15-9-10(2)18(3)4/h8,10H,6-7,9H2,1-5H3,(H2,14,15,16,17). The van der Waals surface area contributed by atoms with Crippen LogP contribution in [0.15, 0.2) is 11.2 Å². The zero-order valence-corrected chi connectivity index (χ0v) is 13.3. The summed E-state index contributed by atoms with van der Waals surface area (Å²) in [4.78, 5) is 11.1. The third-order valence-electron chi connectivity index (χ3n) is 2.90. The minimum Gasteiger partial charge on any atom is -0.370 e. The van der Waals surface area contributed by atoms with Gasteiger partial charge >= 0.3 is 0 Å². The Hall–Kier alpha value is -1.01. The molecular formula is C13H25N5S. The van der Waals surface area contributed by atoms with Crippen molar-refractivity contribution in [3.8, 4) is 0 Å². The van der Waals surface area contributed by atoms with E-state index in [0.29, 0.717) is 6.04 Å². The van der Waals surface area contributed by atoms with Gasteiger partial charge in [0.25, 0.3) is 0 Å². The lowest BCUT2D eigenvalue weighted by molar-refractivity contribution is 0.326. The summed E-state index contributed by atoms with van der Waals surface area (Å²) in [5.74, 6) is 1.77. The van der Waals surface area contributed by atoms with Crippen molar-refractivity contribution in [2.75, 3.05) is 44.1 Å². The number of hydrogen-bond acceptors (Lipinski definition) is 6. The predicted molar refractivity (Wildman–Crippen MR) is 84.2 cm³/mol. The Labute approximate surface area is 120 Å². The second-order valence-electron chi connectivity index (χ2n) is 4.75. The van der Waals surface area contributed by atoms with Gasteiger partial charge in [0.1, 0.15) is 11.6 Å². The van der Waals surface area contributed by atoms with Gasteiger partial charge in [-0.3, -0.25) is 0 Å². The summed E-state index contributed by atoms with van der Waals surface area (Å²) >= 11 is 1.56. The molecule has 0 fully saturated rings. The van der Waals surface area contributed by atoms with Crippen LogP contribution >= 0.6 is 11.8 Å². The van der Waals surface area contributed by atoms with E-state index < -0.39 is 0 Å². The molecule has 6 heteroatoms. The molecule has 2 N–H and O–H groups in total. The lowest BCUT2D eigenvalue weighted by Gasteiger charge is -2.20. The molecular weight excluding hydrogens is 258 g/mol. The number of aromatic nitrogens is 2. The van der Waals surface area contributed by atoms with Crippen molar-refractivity contribution in [2.24, 2.45) is 0 Å². The van der Waals surface area contributed by atoms with Gasteiger partial charge in [-0.25, -0.2) is 9.97 Å². The molecule has 0 aliphatic carbocycles. The van der Waals surface area contributed by atoms with Gasteiger partial charge in [-0.1, -0.05) is 18.7 Å². The van der Waals surface area contributed by atoms with Gasteiger partial charge in [-0.15, -0.1) is 0 Å². The van der Waals surface area contributed by atoms with Gasteiger partial charge in [0.05, 0.1) is 0 Å². The fraction of sp³-hybridized carbons (Fsp3) is 0.692. The molecule has 1 aromatic heterocycles. The number of thioether (sulfide) groups is 1. The Balaban J connectivity index is 2.70. The molecule has 0 amide bonds. The molecule has 1 aromatic rings. The number of nitrogens with one attached hydrogen (secondary N) is 2. The van der Waals surface area contributed by atoms with Crippen LogP contribution in [0.1, 0.15) is 20.3 Å². The predicted octanol–water partition coefficient (Wildman–Crippen LogP) is 2.38. The first-order valence-electron chi connectivity index (χ1n) is 6.64. The first-order chi connectivity index (χ1) is 9.06. The zero-order valence-electron chi connectivity index (χ0n) is 12.5. The molecule has 108 valence electrons. The minimum atomic E-state index is 0.458. The Morgan fingerprint density at radius 1 is 1.26 bits per heavy atom. The molecule has 0 spiro atoms. The second-order valence-corrected chi connectivity index (χ2v) is 5.52. The van der Waals surface area contributed by atoms with E-state index in [0.717, 1.165) is 36.3 Å². The Morgan fingerprint density at radius 2 is 1.89 bits per heavy atom. The van der Waals surface area contributed by atoms with E-state index in [1.54, 1.807) is 11.8 Å².